The van der Waals surface area contributed by atoms with Crippen molar-refractivity contribution in [1.29, 1.82) is 0 Å². The van der Waals surface area contributed by atoms with E-state index in [0.717, 1.165) is 30.7 Å². The molecule has 2 aliphatic heterocycles. The maximum Gasteiger partial charge on any atom is 0.0658 e. The first-order chi connectivity index (χ1) is 11.7. The van der Waals surface area contributed by atoms with Crippen LogP contribution in [0.5, 0.6) is 0 Å². The van der Waals surface area contributed by atoms with Gasteiger partial charge in [-0.05, 0) is 47.7 Å². The number of benzene rings is 2. The number of fused-ring (bicyclic) bond motifs is 2. The lowest BCUT2D eigenvalue weighted by Crippen LogP contribution is -2.53. The van der Waals surface area contributed by atoms with E-state index < -0.39 is 0 Å². The summed E-state index contributed by atoms with van der Waals surface area (Å²) in [7, 11) is 0. The molecule has 4 rings (SSSR count). The highest BCUT2D eigenvalue weighted by molar-refractivity contribution is 9.10. The van der Waals surface area contributed by atoms with Gasteiger partial charge in [0.2, 0.25) is 0 Å². The fraction of sp³-hybridized carbons (Fsp3) is 0.333. The Balaban J connectivity index is 1.62. The predicted octanol–water partition coefficient (Wildman–Crippen LogP) is 4.81. The number of hydrogen-bond donors (Lipinski definition) is 0. The van der Waals surface area contributed by atoms with Crippen LogP contribution in [-0.2, 0) is 11.3 Å². The Morgan fingerprint density at radius 2 is 1.96 bits per heavy atom. The van der Waals surface area contributed by atoms with E-state index in [4.69, 9.17) is 4.74 Å². The molecule has 2 aliphatic rings. The topological polar surface area (TPSA) is 12.5 Å². The summed E-state index contributed by atoms with van der Waals surface area (Å²) in [6.07, 6.45) is 3.47. The fourth-order valence-electron chi connectivity index (χ4n) is 3.84. The fourth-order valence-corrected chi connectivity index (χ4v) is 4.45. The molecular formula is C21H22BrNO. The van der Waals surface area contributed by atoms with Crippen LogP contribution >= 0.6 is 15.9 Å². The van der Waals surface area contributed by atoms with Crippen LogP contribution in [0.15, 0.2) is 59.1 Å². The number of nitrogens with zero attached hydrogens (tertiary/aromatic N) is 1. The summed E-state index contributed by atoms with van der Waals surface area (Å²) in [5, 5.41) is 0. The molecule has 3 heteroatoms. The third-order valence-electron chi connectivity index (χ3n) is 4.96. The van der Waals surface area contributed by atoms with Crippen molar-refractivity contribution in [2.75, 3.05) is 13.2 Å². The van der Waals surface area contributed by atoms with Gasteiger partial charge in [-0.25, -0.2) is 0 Å². The van der Waals surface area contributed by atoms with Gasteiger partial charge < -0.3 is 4.74 Å². The Labute approximate surface area is 152 Å². The summed E-state index contributed by atoms with van der Waals surface area (Å²) in [6.45, 7) is 4.78. The standard InChI is InChI=1S/C21H22BrNO/c1-15-7-17(9-19(22)8-15)18-10-20-13-24-14-21(11-18)23(20)12-16-5-3-2-4-6-16/h2-10,20-21H,11-14H2,1H3. The zero-order chi connectivity index (χ0) is 16.5. The van der Waals surface area contributed by atoms with Crippen LogP contribution in [-0.4, -0.2) is 30.2 Å². The van der Waals surface area contributed by atoms with Crippen molar-refractivity contribution in [3.05, 3.63) is 75.8 Å². The average Bonchev–Trinajstić information content (AvgIpc) is 2.54. The monoisotopic (exact) mass is 383 g/mol. The normalized spacial score (nSPS) is 23.8. The number of ether oxygens (including phenoxy) is 1. The smallest absolute Gasteiger partial charge is 0.0658 e. The minimum Gasteiger partial charge on any atom is -0.378 e. The Bertz CT molecular complexity index is 735. The van der Waals surface area contributed by atoms with Crippen molar-refractivity contribution in [2.24, 2.45) is 0 Å². The second kappa shape index (κ2) is 6.83. The zero-order valence-corrected chi connectivity index (χ0v) is 15.5. The van der Waals surface area contributed by atoms with Gasteiger partial charge >= 0.3 is 0 Å². The minimum atomic E-state index is 0.368. The highest BCUT2D eigenvalue weighted by Gasteiger charge is 2.34. The Morgan fingerprint density at radius 1 is 1.12 bits per heavy atom. The predicted molar refractivity (Wildman–Crippen MR) is 102 cm³/mol. The lowest BCUT2D eigenvalue weighted by molar-refractivity contribution is -0.0402. The van der Waals surface area contributed by atoms with Crippen LogP contribution in [0.25, 0.3) is 5.57 Å². The molecule has 0 aliphatic carbocycles. The van der Waals surface area contributed by atoms with Crippen molar-refractivity contribution < 1.29 is 4.74 Å². The highest BCUT2D eigenvalue weighted by Crippen LogP contribution is 2.34. The molecule has 0 aromatic heterocycles. The number of aryl methyl sites for hydroxylation is 1. The maximum absolute atomic E-state index is 5.84. The van der Waals surface area contributed by atoms with E-state index in [2.05, 4.69) is 82.4 Å². The van der Waals surface area contributed by atoms with Gasteiger partial charge in [-0.15, -0.1) is 0 Å². The minimum absolute atomic E-state index is 0.368. The van der Waals surface area contributed by atoms with E-state index in [-0.39, 0.29) is 0 Å². The first-order valence-electron chi connectivity index (χ1n) is 8.55. The van der Waals surface area contributed by atoms with Crippen molar-refractivity contribution >= 4 is 21.5 Å². The first-order valence-corrected chi connectivity index (χ1v) is 9.34. The third kappa shape index (κ3) is 3.34. The van der Waals surface area contributed by atoms with Gasteiger partial charge in [0.05, 0.1) is 19.3 Å². The summed E-state index contributed by atoms with van der Waals surface area (Å²) in [5.74, 6) is 0. The zero-order valence-electron chi connectivity index (χ0n) is 13.9. The van der Waals surface area contributed by atoms with Crippen molar-refractivity contribution in [1.82, 2.24) is 4.90 Å². The molecule has 2 aromatic rings. The Hall–Kier alpha value is -1.42. The van der Waals surface area contributed by atoms with Gasteiger partial charge in [-0.1, -0.05) is 58.4 Å². The van der Waals surface area contributed by atoms with E-state index in [1.165, 1.54) is 22.3 Å². The molecule has 0 saturated carbocycles. The van der Waals surface area contributed by atoms with E-state index in [1.807, 2.05) is 0 Å². The SMILES string of the molecule is Cc1cc(Br)cc(C2=CC3COCC(C2)N3Cc2ccccc2)c1. The molecule has 1 fully saturated rings. The quantitative estimate of drug-likeness (QED) is 0.753. The summed E-state index contributed by atoms with van der Waals surface area (Å²) < 4.78 is 7.00. The molecular weight excluding hydrogens is 362 g/mol. The molecule has 2 nitrogen and oxygen atoms in total. The molecule has 124 valence electrons. The van der Waals surface area contributed by atoms with E-state index >= 15 is 0 Å². The van der Waals surface area contributed by atoms with Gasteiger partial charge in [0.25, 0.3) is 0 Å². The van der Waals surface area contributed by atoms with Crippen LogP contribution in [0.4, 0.5) is 0 Å². The van der Waals surface area contributed by atoms with Gasteiger partial charge in [0.15, 0.2) is 0 Å². The number of rotatable bonds is 3. The van der Waals surface area contributed by atoms with Crippen molar-refractivity contribution in [3.8, 4) is 0 Å². The summed E-state index contributed by atoms with van der Waals surface area (Å²) in [4.78, 5) is 2.60. The Morgan fingerprint density at radius 3 is 2.71 bits per heavy atom. The molecule has 1 saturated heterocycles. The number of hydrogen-bond acceptors (Lipinski definition) is 2. The third-order valence-corrected chi connectivity index (χ3v) is 5.42. The molecule has 24 heavy (non-hydrogen) atoms. The van der Waals surface area contributed by atoms with Gasteiger partial charge in [0, 0.05) is 17.1 Å². The van der Waals surface area contributed by atoms with Gasteiger partial charge in [0.1, 0.15) is 0 Å². The average molecular weight is 384 g/mol. The van der Waals surface area contributed by atoms with Gasteiger partial charge in [-0.3, -0.25) is 4.90 Å². The summed E-state index contributed by atoms with van der Waals surface area (Å²) in [5.41, 5.74) is 5.48. The number of halogens is 1. The summed E-state index contributed by atoms with van der Waals surface area (Å²) >= 11 is 3.63. The number of morpholine rings is 1. The molecule has 2 bridgehead atoms. The molecule has 0 N–H and O–H groups in total. The van der Waals surface area contributed by atoms with Crippen LogP contribution in [0.3, 0.4) is 0 Å². The van der Waals surface area contributed by atoms with Crippen LogP contribution in [0.2, 0.25) is 0 Å². The molecule has 2 atom stereocenters. The van der Waals surface area contributed by atoms with Gasteiger partial charge in [-0.2, -0.15) is 0 Å². The largest absolute Gasteiger partial charge is 0.378 e. The van der Waals surface area contributed by atoms with Crippen LogP contribution < -0.4 is 0 Å². The van der Waals surface area contributed by atoms with E-state index in [9.17, 15) is 0 Å². The molecule has 0 amide bonds. The van der Waals surface area contributed by atoms with E-state index in [0.29, 0.717) is 12.1 Å². The lowest BCUT2D eigenvalue weighted by atomic mass is 9.89. The van der Waals surface area contributed by atoms with Crippen molar-refractivity contribution in [2.45, 2.75) is 32.0 Å². The van der Waals surface area contributed by atoms with Crippen LogP contribution in [0, 0.1) is 6.92 Å². The van der Waals surface area contributed by atoms with Crippen molar-refractivity contribution in [3.63, 3.8) is 0 Å². The molecule has 0 radical (unpaired) electrons. The Kier molecular flexibility index (Phi) is 4.57. The van der Waals surface area contributed by atoms with E-state index in [1.54, 1.807) is 0 Å². The summed E-state index contributed by atoms with van der Waals surface area (Å²) in [6, 6.07) is 18.3. The van der Waals surface area contributed by atoms with Crippen LogP contribution in [0.1, 0.15) is 23.1 Å². The lowest BCUT2D eigenvalue weighted by Gasteiger charge is -2.45. The molecule has 2 heterocycles. The molecule has 2 aromatic carbocycles. The maximum atomic E-state index is 5.84. The highest BCUT2D eigenvalue weighted by atomic mass is 79.9. The molecule has 0 spiro atoms. The second-order valence-corrected chi connectivity index (χ2v) is 7.75. The first kappa shape index (κ1) is 16.1. The molecule has 2 unspecified atom stereocenters. The second-order valence-electron chi connectivity index (χ2n) is 6.83.